The molecule has 0 bridgehead atoms. The second-order valence-corrected chi connectivity index (χ2v) is 5.84. The lowest BCUT2D eigenvalue weighted by atomic mass is 9.78. The molecule has 0 fully saturated rings. The molecule has 2 atom stereocenters. The number of rotatable bonds is 7. The van der Waals surface area contributed by atoms with Crippen molar-refractivity contribution >= 4 is 0 Å². The highest BCUT2D eigenvalue weighted by molar-refractivity contribution is 5.25. The SMILES string of the molecule is CC(CCO)CNC(C)C(C)(C)c1ccccc1. The van der Waals surface area contributed by atoms with Crippen LogP contribution in [0.3, 0.4) is 0 Å². The molecule has 18 heavy (non-hydrogen) atoms. The molecule has 0 saturated carbocycles. The highest BCUT2D eigenvalue weighted by Crippen LogP contribution is 2.26. The maximum atomic E-state index is 8.91. The van der Waals surface area contributed by atoms with Gasteiger partial charge in [-0.2, -0.15) is 0 Å². The lowest BCUT2D eigenvalue weighted by Crippen LogP contribution is -2.44. The first-order valence-corrected chi connectivity index (χ1v) is 6.88. The van der Waals surface area contributed by atoms with E-state index in [1.165, 1.54) is 5.56 Å². The van der Waals surface area contributed by atoms with E-state index in [-0.39, 0.29) is 12.0 Å². The molecule has 0 radical (unpaired) electrons. The summed E-state index contributed by atoms with van der Waals surface area (Å²) in [4.78, 5) is 0. The third-order valence-corrected chi connectivity index (χ3v) is 3.99. The molecular formula is C16H27NO. The molecule has 0 amide bonds. The molecule has 0 saturated heterocycles. The van der Waals surface area contributed by atoms with E-state index in [9.17, 15) is 0 Å². The zero-order chi connectivity index (χ0) is 13.6. The van der Waals surface area contributed by atoms with Crippen molar-refractivity contribution in [2.75, 3.05) is 13.2 Å². The van der Waals surface area contributed by atoms with E-state index in [0.717, 1.165) is 13.0 Å². The van der Waals surface area contributed by atoms with Crippen LogP contribution in [0.1, 0.15) is 39.7 Å². The Kier molecular flexibility index (Phi) is 5.83. The molecule has 2 heteroatoms. The quantitative estimate of drug-likeness (QED) is 0.778. The number of nitrogens with one attached hydrogen (secondary N) is 1. The topological polar surface area (TPSA) is 32.3 Å². The van der Waals surface area contributed by atoms with Crippen LogP contribution < -0.4 is 5.32 Å². The Morgan fingerprint density at radius 3 is 2.33 bits per heavy atom. The fraction of sp³-hybridized carbons (Fsp3) is 0.625. The molecule has 2 unspecified atom stereocenters. The molecule has 1 aromatic rings. The molecule has 2 nitrogen and oxygen atoms in total. The maximum Gasteiger partial charge on any atom is 0.0434 e. The van der Waals surface area contributed by atoms with Crippen LogP contribution in [-0.2, 0) is 5.41 Å². The van der Waals surface area contributed by atoms with Crippen LogP contribution in [0.2, 0.25) is 0 Å². The number of hydrogen-bond donors (Lipinski definition) is 2. The second kappa shape index (κ2) is 6.91. The Labute approximate surface area is 111 Å². The van der Waals surface area contributed by atoms with E-state index in [1.54, 1.807) is 0 Å². The molecule has 0 aromatic heterocycles. The first kappa shape index (κ1) is 15.2. The van der Waals surface area contributed by atoms with E-state index in [2.05, 4.69) is 63.3 Å². The standard InChI is InChI=1S/C16H27NO/c1-13(10-11-18)12-17-14(2)16(3,4)15-8-6-5-7-9-15/h5-9,13-14,17-18H,10-12H2,1-4H3. The largest absolute Gasteiger partial charge is 0.396 e. The Bertz CT molecular complexity index is 334. The van der Waals surface area contributed by atoms with Crippen LogP contribution in [0.15, 0.2) is 30.3 Å². The fourth-order valence-corrected chi connectivity index (χ4v) is 2.07. The number of benzene rings is 1. The fourth-order valence-electron chi connectivity index (χ4n) is 2.07. The number of hydrogen-bond acceptors (Lipinski definition) is 2. The first-order valence-electron chi connectivity index (χ1n) is 6.88. The Balaban J connectivity index is 2.57. The summed E-state index contributed by atoms with van der Waals surface area (Å²) in [5.74, 6) is 0.518. The van der Waals surface area contributed by atoms with Gasteiger partial charge in [-0.05, 0) is 31.4 Å². The van der Waals surface area contributed by atoms with Crippen LogP contribution in [0, 0.1) is 5.92 Å². The summed E-state index contributed by atoms with van der Waals surface area (Å²) in [6.07, 6.45) is 0.867. The molecule has 0 heterocycles. The van der Waals surface area contributed by atoms with Crippen molar-refractivity contribution < 1.29 is 5.11 Å². The average molecular weight is 249 g/mol. The number of aliphatic hydroxyl groups excluding tert-OH is 1. The Hall–Kier alpha value is -0.860. The van der Waals surface area contributed by atoms with Gasteiger partial charge in [-0.1, -0.05) is 51.1 Å². The molecule has 102 valence electrons. The zero-order valence-electron chi connectivity index (χ0n) is 12.1. The lowest BCUT2D eigenvalue weighted by Gasteiger charge is -2.34. The van der Waals surface area contributed by atoms with Crippen molar-refractivity contribution in [3.05, 3.63) is 35.9 Å². The predicted octanol–water partition coefficient (Wildman–Crippen LogP) is 2.96. The molecule has 2 N–H and O–H groups in total. The maximum absolute atomic E-state index is 8.91. The summed E-state index contributed by atoms with van der Waals surface area (Å²) in [6.45, 7) is 10.2. The van der Waals surface area contributed by atoms with Crippen LogP contribution in [-0.4, -0.2) is 24.3 Å². The summed E-state index contributed by atoms with van der Waals surface area (Å²) in [6, 6.07) is 11.0. The van der Waals surface area contributed by atoms with Crippen molar-refractivity contribution in [2.45, 2.75) is 45.6 Å². The summed E-state index contributed by atoms with van der Waals surface area (Å²) in [5.41, 5.74) is 1.47. The summed E-state index contributed by atoms with van der Waals surface area (Å²) >= 11 is 0. The Morgan fingerprint density at radius 2 is 1.78 bits per heavy atom. The molecule has 0 aliphatic carbocycles. The predicted molar refractivity (Wildman–Crippen MR) is 77.8 cm³/mol. The van der Waals surface area contributed by atoms with Gasteiger partial charge in [0, 0.05) is 18.1 Å². The van der Waals surface area contributed by atoms with Gasteiger partial charge in [0.2, 0.25) is 0 Å². The van der Waals surface area contributed by atoms with Crippen molar-refractivity contribution in [1.29, 1.82) is 0 Å². The van der Waals surface area contributed by atoms with Gasteiger partial charge in [0.1, 0.15) is 0 Å². The molecular weight excluding hydrogens is 222 g/mol. The number of aliphatic hydroxyl groups is 1. The minimum Gasteiger partial charge on any atom is -0.396 e. The van der Waals surface area contributed by atoms with Crippen molar-refractivity contribution in [3.63, 3.8) is 0 Å². The van der Waals surface area contributed by atoms with Crippen LogP contribution >= 0.6 is 0 Å². The normalized spacial score (nSPS) is 15.4. The van der Waals surface area contributed by atoms with Crippen molar-refractivity contribution in [2.24, 2.45) is 5.92 Å². The molecule has 0 spiro atoms. The highest BCUT2D eigenvalue weighted by atomic mass is 16.3. The van der Waals surface area contributed by atoms with Crippen LogP contribution in [0.25, 0.3) is 0 Å². The minimum atomic E-state index is 0.111. The molecule has 0 aliphatic rings. The van der Waals surface area contributed by atoms with Crippen molar-refractivity contribution in [1.82, 2.24) is 5.32 Å². The second-order valence-electron chi connectivity index (χ2n) is 5.84. The third-order valence-electron chi connectivity index (χ3n) is 3.99. The van der Waals surface area contributed by atoms with E-state index >= 15 is 0 Å². The lowest BCUT2D eigenvalue weighted by molar-refractivity contribution is 0.252. The van der Waals surface area contributed by atoms with Gasteiger partial charge in [0.05, 0.1) is 0 Å². The summed E-state index contributed by atoms with van der Waals surface area (Å²) in [7, 11) is 0. The van der Waals surface area contributed by atoms with Gasteiger partial charge in [-0.3, -0.25) is 0 Å². The van der Waals surface area contributed by atoms with E-state index in [1.807, 2.05) is 0 Å². The molecule has 1 aromatic carbocycles. The smallest absolute Gasteiger partial charge is 0.0434 e. The monoisotopic (exact) mass is 249 g/mol. The van der Waals surface area contributed by atoms with Gasteiger partial charge < -0.3 is 10.4 Å². The Morgan fingerprint density at radius 1 is 1.17 bits per heavy atom. The van der Waals surface area contributed by atoms with E-state index in [4.69, 9.17) is 5.11 Å². The van der Waals surface area contributed by atoms with Crippen LogP contribution in [0.5, 0.6) is 0 Å². The first-order chi connectivity index (χ1) is 8.48. The van der Waals surface area contributed by atoms with Crippen molar-refractivity contribution in [3.8, 4) is 0 Å². The van der Waals surface area contributed by atoms with Gasteiger partial charge in [0.15, 0.2) is 0 Å². The van der Waals surface area contributed by atoms with Gasteiger partial charge in [-0.15, -0.1) is 0 Å². The molecule has 0 aliphatic heterocycles. The third kappa shape index (κ3) is 4.11. The van der Waals surface area contributed by atoms with Gasteiger partial charge >= 0.3 is 0 Å². The van der Waals surface area contributed by atoms with E-state index in [0.29, 0.717) is 12.0 Å². The summed E-state index contributed by atoms with van der Waals surface area (Å²) < 4.78 is 0. The van der Waals surface area contributed by atoms with Gasteiger partial charge in [0.25, 0.3) is 0 Å². The highest BCUT2D eigenvalue weighted by Gasteiger charge is 2.27. The molecule has 1 rings (SSSR count). The van der Waals surface area contributed by atoms with E-state index < -0.39 is 0 Å². The zero-order valence-corrected chi connectivity index (χ0v) is 12.1. The minimum absolute atomic E-state index is 0.111. The average Bonchev–Trinajstić information content (AvgIpc) is 2.37. The van der Waals surface area contributed by atoms with Gasteiger partial charge in [-0.25, -0.2) is 0 Å². The van der Waals surface area contributed by atoms with Crippen LogP contribution in [0.4, 0.5) is 0 Å². The summed E-state index contributed by atoms with van der Waals surface area (Å²) in [5, 5.41) is 12.5.